The minimum absolute atomic E-state index is 0.00818. The molecule has 0 saturated heterocycles. The highest BCUT2D eigenvalue weighted by Gasteiger charge is 2.63. The Morgan fingerprint density at radius 2 is 1.83 bits per heavy atom. The third-order valence-corrected chi connectivity index (χ3v) is 4.52. The fraction of sp³-hybridized carbons (Fsp3) is 0.941. The summed E-state index contributed by atoms with van der Waals surface area (Å²) in [6, 6.07) is 0. The zero-order valence-electron chi connectivity index (χ0n) is 19.4. The number of methoxy groups -OCH3 is 1. The number of nitrogens with zero attached hydrogens (tertiary/aromatic N) is 4. The molecule has 3 unspecified atom stereocenters. The monoisotopic (exact) mass is 437 g/mol. The summed E-state index contributed by atoms with van der Waals surface area (Å²) in [7, 11) is 6.09. The van der Waals surface area contributed by atoms with Crippen LogP contribution < -0.4 is 16.6 Å². The highest BCUT2D eigenvalue weighted by atomic mass is 16.8. The topological polar surface area (TPSA) is 148 Å². The molecule has 0 heterocycles. The van der Waals surface area contributed by atoms with Crippen molar-refractivity contribution in [1.82, 2.24) is 25.7 Å². The van der Waals surface area contributed by atoms with Crippen molar-refractivity contribution in [2.45, 2.75) is 52.0 Å². The van der Waals surface area contributed by atoms with Gasteiger partial charge < -0.3 is 4.74 Å². The van der Waals surface area contributed by atoms with E-state index in [1.807, 2.05) is 6.92 Å². The van der Waals surface area contributed by atoms with Gasteiger partial charge in [-0.1, -0.05) is 20.8 Å². The number of carbonyl (C=O) groups excluding carboxylic acids is 1. The summed E-state index contributed by atoms with van der Waals surface area (Å²) in [5.41, 5.74) is 2.57. The van der Waals surface area contributed by atoms with Crippen LogP contribution in [0.3, 0.4) is 0 Å². The molecule has 0 aromatic rings. The molecule has 4 N–H and O–H groups in total. The molecule has 0 aromatic heterocycles. The maximum absolute atomic E-state index is 13.4. The van der Waals surface area contributed by atoms with E-state index in [0.29, 0.717) is 13.0 Å². The molecule has 13 nitrogen and oxygen atoms in total. The Kier molecular flexibility index (Phi) is 12.4. The third kappa shape index (κ3) is 5.62. The number of amides is 1. The second kappa shape index (κ2) is 13.1. The lowest BCUT2D eigenvalue weighted by atomic mass is 10.1. The molecule has 13 heteroatoms. The molecule has 0 rings (SSSR count). The molecular weight excluding hydrogens is 398 g/mol. The summed E-state index contributed by atoms with van der Waals surface area (Å²) in [6.45, 7) is 7.54. The van der Waals surface area contributed by atoms with Gasteiger partial charge in [0.25, 0.3) is 0 Å². The van der Waals surface area contributed by atoms with Gasteiger partial charge in [-0.3, -0.25) is 34.6 Å². The van der Waals surface area contributed by atoms with Crippen LogP contribution in [-0.2, 0) is 19.0 Å². The Labute approximate surface area is 178 Å². The largest absolute Gasteiger partial charge is 0.482 e. The SMILES string of the molecule is CCCOC(OCC)(C(OC)N(CC)C(NCC)(C(=O)N(N)NC)N(C)C)[N+](=O)[O-]. The van der Waals surface area contributed by atoms with E-state index in [1.165, 1.54) is 19.1 Å². The first kappa shape index (κ1) is 28.5. The summed E-state index contributed by atoms with van der Waals surface area (Å²) >= 11 is 0. The van der Waals surface area contributed by atoms with Crippen LogP contribution in [-0.4, -0.2) is 98.2 Å². The van der Waals surface area contributed by atoms with Crippen LogP contribution in [0.15, 0.2) is 0 Å². The summed E-state index contributed by atoms with van der Waals surface area (Å²) in [6.07, 6.45) is -0.883. The van der Waals surface area contributed by atoms with Crippen LogP contribution in [0.4, 0.5) is 0 Å². The molecule has 0 fully saturated rings. The number of ether oxygens (including phenoxy) is 3. The molecule has 0 aliphatic rings. The number of hydrogen-bond donors (Lipinski definition) is 3. The molecule has 0 radical (unpaired) electrons. The van der Waals surface area contributed by atoms with Gasteiger partial charge in [0.05, 0.1) is 18.1 Å². The Balaban J connectivity index is 6.83. The lowest BCUT2D eigenvalue weighted by Gasteiger charge is -2.50. The lowest BCUT2D eigenvalue weighted by Crippen LogP contribution is -2.80. The Morgan fingerprint density at radius 3 is 2.17 bits per heavy atom. The Hall–Kier alpha value is -1.45. The summed E-state index contributed by atoms with van der Waals surface area (Å²) in [5.74, 6) is 1.26. The molecule has 3 atom stereocenters. The van der Waals surface area contributed by atoms with Crippen molar-refractivity contribution in [3.05, 3.63) is 10.1 Å². The predicted octanol–water partition coefficient (Wildman–Crippen LogP) is -0.664. The van der Waals surface area contributed by atoms with Gasteiger partial charge in [-0.2, -0.15) is 0 Å². The van der Waals surface area contributed by atoms with Crippen molar-refractivity contribution in [3.8, 4) is 0 Å². The number of carbonyl (C=O) groups is 1. The zero-order chi connectivity index (χ0) is 23.5. The summed E-state index contributed by atoms with van der Waals surface area (Å²) < 4.78 is 16.8. The number of hydrogen-bond acceptors (Lipinski definition) is 11. The van der Waals surface area contributed by atoms with E-state index in [-0.39, 0.29) is 19.8 Å². The number of likely N-dealkylation sites (N-methyl/N-ethyl adjacent to an activating group) is 3. The minimum Gasteiger partial charge on any atom is -0.354 e. The van der Waals surface area contributed by atoms with Gasteiger partial charge in [-0.05, 0) is 34.0 Å². The molecule has 178 valence electrons. The normalized spacial score (nSPS) is 16.9. The first-order valence-electron chi connectivity index (χ1n) is 10.0. The van der Waals surface area contributed by atoms with Crippen molar-refractivity contribution in [3.63, 3.8) is 0 Å². The van der Waals surface area contributed by atoms with E-state index in [9.17, 15) is 14.9 Å². The fourth-order valence-electron chi connectivity index (χ4n) is 3.29. The molecular formula is C17H39N7O6. The second-order valence-corrected chi connectivity index (χ2v) is 6.54. The molecule has 0 bridgehead atoms. The average molecular weight is 438 g/mol. The van der Waals surface area contributed by atoms with Crippen LogP contribution in [0.25, 0.3) is 0 Å². The van der Waals surface area contributed by atoms with Crippen molar-refractivity contribution in [2.24, 2.45) is 5.84 Å². The molecule has 0 aliphatic carbocycles. The maximum Gasteiger partial charge on any atom is 0.482 e. The van der Waals surface area contributed by atoms with E-state index in [4.69, 9.17) is 20.1 Å². The van der Waals surface area contributed by atoms with Gasteiger partial charge in [-0.15, -0.1) is 0 Å². The second-order valence-electron chi connectivity index (χ2n) is 6.54. The highest BCUT2D eigenvalue weighted by Crippen LogP contribution is 2.31. The standard InChI is InChI=1S/C17H39N7O6/c1-9-13-30-17(24(26)27,29-12-4)15(28-8)22(11-3)16(20-10-2,21(6)7)14(25)23(18)19-5/h15,19-20H,9-13,18H2,1-8H3. The molecule has 0 aliphatic heterocycles. The van der Waals surface area contributed by atoms with E-state index in [0.717, 1.165) is 5.12 Å². The predicted molar refractivity (Wildman–Crippen MR) is 111 cm³/mol. The van der Waals surface area contributed by atoms with Gasteiger partial charge in [0.2, 0.25) is 12.0 Å². The number of nitrogens with two attached hydrogens (primary N) is 1. The molecule has 30 heavy (non-hydrogen) atoms. The molecule has 1 amide bonds. The van der Waals surface area contributed by atoms with Gasteiger partial charge in [0, 0.05) is 20.7 Å². The van der Waals surface area contributed by atoms with E-state index in [1.54, 1.807) is 39.8 Å². The quantitative estimate of drug-likeness (QED) is 0.0928. The Bertz CT molecular complexity index is 541. The highest BCUT2D eigenvalue weighted by molar-refractivity contribution is 5.84. The van der Waals surface area contributed by atoms with Gasteiger partial charge in [-0.25, -0.2) is 21.3 Å². The zero-order valence-corrected chi connectivity index (χ0v) is 19.4. The van der Waals surface area contributed by atoms with Crippen LogP contribution in [0.1, 0.15) is 34.1 Å². The van der Waals surface area contributed by atoms with Gasteiger partial charge in [0.1, 0.15) is 0 Å². The minimum atomic E-state index is -2.37. The van der Waals surface area contributed by atoms with Crippen LogP contribution in [0.2, 0.25) is 0 Å². The molecule has 0 aromatic carbocycles. The number of hydrazine groups is 2. The van der Waals surface area contributed by atoms with Gasteiger partial charge in [0.15, 0.2) is 0 Å². The van der Waals surface area contributed by atoms with E-state index >= 15 is 0 Å². The summed E-state index contributed by atoms with van der Waals surface area (Å²) in [5, 5.41) is 16.2. The van der Waals surface area contributed by atoms with E-state index < -0.39 is 28.8 Å². The summed E-state index contributed by atoms with van der Waals surface area (Å²) in [4.78, 5) is 28.0. The first-order valence-corrected chi connectivity index (χ1v) is 10.0. The number of nitro groups is 1. The van der Waals surface area contributed by atoms with Crippen molar-refractivity contribution < 1.29 is 23.9 Å². The third-order valence-electron chi connectivity index (χ3n) is 4.52. The van der Waals surface area contributed by atoms with Gasteiger partial charge >= 0.3 is 11.8 Å². The number of nitrogens with one attached hydrogen (secondary N) is 2. The van der Waals surface area contributed by atoms with Crippen molar-refractivity contribution >= 4 is 5.91 Å². The van der Waals surface area contributed by atoms with Crippen molar-refractivity contribution in [2.75, 3.05) is 54.6 Å². The average Bonchev–Trinajstić information content (AvgIpc) is 2.72. The number of rotatable bonds is 16. The van der Waals surface area contributed by atoms with Crippen molar-refractivity contribution in [1.29, 1.82) is 0 Å². The molecule has 0 saturated carbocycles. The maximum atomic E-state index is 13.4. The smallest absolute Gasteiger partial charge is 0.354 e. The van der Waals surface area contributed by atoms with Crippen LogP contribution in [0.5, 0.6) is 0 Å². The molecule has 0 spiro atoms. The van der Waals surface area contributed by atoms with Crippen LogP contribution in [0, 0.1) is 10.1 Å². The Morgan fingerprint density at radius 1 is 1.23 bits per heavy atom. The fourth-order valence-corrected chi connectivity index (χ4v) is 3.29. The van der Waals surface area contributed by atoms with Crippen LogP contribution >= 0.6 is 0 Å². The van der Waals surface area contributed by atoms with E-state index in [2.05, 4.69) is 10.7 Å². The first-order chi connectivity index (χ1) is 14.1. The lowest BCUT2D eigenvalue weighted by molar-refractivity contribution is -0.713.